The first-order valence-electron chi connectivity index (χ1n) is 8.55. The number of rotatable bonds is 4. The van der Waals surface area contributed by atoms with E-state index in [0.29, 0.717) is 59.3 Å². The zero-order valence-electron chi connectivity index (χ0n) is 15.1. The van der Waals surface area contributed by atoms with E-state index in [4.69, 9.17) is 14.2 Å². The number of aromatic nitrogens is 1. The lowest BCUT2D eigenvalue weighted by Crippen LogP contribution is -2.14. The van der Waals surface area contributed by atoms with Crippen LogP contribution in [0.4, 0.5) is 5.69 Å². The van der Waals surface area contributed by atoms with E-state index in [0.717, 1.165) is 6.42 Å². The SMILES string of the molecule is CCc1[nH]c(C(=O)Nc2ccc3c(c2)OCCCO3)c(C)c1C(=O)OC. The van der Waals surface area contributed by atoms with Crippen molar-refractivity contribution in [2.24, 2.45) is 0 Å². The first-order valence-corrected chi connectivity index (χ1v) is 8.55. The summed E-state index contributed by atoms with van der Waals surface area (Å²) in [5, 5.41) is 2.83. The first kappa shape index (κ1) is 17.8. The molecule has 1 aromatic heterocycles. The zero-order valence-corrected chi connectivity index (χ0v) is 15.1. The molecule has 7 heteroatoms. The minimum atomic E-state index is -0.453. The predicted octanol–water partition coefficient (Wildman–Crippen LogP) is 3.09. The number of carbonyl (C=O) groups is 2. The fourth-order valence-corrected chi connectivity index (χ4v) is 2.96. The molecule has 2 heterocycles. The second kappa shape index (κ2) is 7.51. The van der Waals surface area contributed by atoms with Crippen molar-refractivity contribution in [3.63, 3.8) is 0 Å². The minimum Gasteiger partial charge on any atom is -0.490 e. The van der Waals surface area contributed by atoms with Gasteiger partial charge in [-0.2, -0.15) is 0 Å². The summed E-state index contributed by atoms with van der Waals surface area (Å²) in [7, 11) is 1.33. The zero-order chi connectivity index (χ0) is 18.7. The van der Waals surface area contributed by atoms with Crippen molar-refractivity contribution >= 4 is 17.6 Å². The number of carbonyl (C=O) groups excluding carboxylic acids is 2. The standard InChI is InChI=1S/C19H22N2O5/c1-4-13-16(19(23)24-3)11(2)17(21-13)18(22)20-12-6-7-14-15(10-12)26-9-5-8-25-14/h6-7,10,21H,4-5,8-9H2,1-3H3,(H,20,22). The molecule has 138 valence electrons. The summed E-state index contributed by atoms with van der Waals surface area (Å²) >= 11 is 0. The number of hydrogen-bond acceptors (Lipinski definition) is 5. The van der Waals surface area contributed by atoms with Gasteiger partial charge in [0.15, 0.2) is 11.5 Å². The average Bonchev–Trinajstić information content (AvgIpc) is 2.81. The van der Waals surface area contributed by atoms with Gasteiger partial charge in [-0.15, -0.1) is 0 Å². The Bertz CT molecular complexity index is 841. The van der Waals surface area contributed by atoms with Gasteiger partial charge < -0.3 is 24.5 Å². The topological polar surface area (TPSA) is 89.7 Å². The average molecular weight is 358 g/mol. The van der Waals surface area contributed by atoms with E-state index < -0.39 is 5.97 Å². The molecule has 0 aliphatic carbocycles. The van der Waals surface area contributed by atoms with Gasteiger partial charge in [-0.05, 0) is 31.0 Å². The third kappa shape index (κ3) is 3.37. The number of nitrogens with one attached hydrogen (secondary N) is 2. The summed E-state index contributed by atoms with van der Waals surface area (Å²) in [4.78, 5) is 27.7. The predicted molar refractivity (Wildman–Crippen MR) is 96.2 cm³/mol. The molecule has 1 amide bonds. The molecule has 1 aliphatic rings. The van der Waals surface area contributed by atoms with Crippen LogP contribution in [0.3, 0.4) is 0 Å². The van der Waals surface area contributed by atoms with Gasteiger partial charge in [0.2, 0.25) is 0 Å². The van der Waals surface area contributed by atoms with E-state index in [1.165, 1.54) is 7.11 Å². The number of methoxy groups -OCH3 is 1. The largest absolute Gasteiger partial charge is 0.490 e. The van der Waals surface area contributed by atoms with Crippen LogP contribution in [0.15, 0.2) is 18.2 Å². The Morgan fingerprint density at radius 2 is 1.96 bits per heavy atom. The van der Waals surface area contributed by atoms with Crippen LogP contribution < -0.4 is 14.8 Å². The van der Waals surface area contributed by atoms with Crippen molar-refractivity contribution in [3.05, 3.63) is 40.7 Å². The van der Waals surface area contributed by atoms with Crippen LogP contribution in [0.5, 0.6) is 11.5 Å². The monoisotopic (exact) mass is 358 g/mol. The second-order valence-electron chi connectivity index (χ2n) is 5.99. The van der Waals surface area contributed by atoms with Crippen molar-refractivity contribution < 1.29 is 23.8 Å². The number of amides is 1. The van der Waals surface area contributed by atoms with Crippen molar-refractivity contribution in [2.45, 2.75) is 26.7 Å². The number of hydrogen-bond donors (Lipinski definition) is 2. The Labute approximate surface area is 151 Å². The summed E-state index contributed by atoms with van der Waals surface area (Å²) in [6.07, 6.45) is 1.40. The fourth-order valence-electron chi connectivity index (χ4n) is 2.96. The van der Waals surface area contributed by atoms with Gasteiger partial charge >= 0.3 is 5.97 Å². The molecule has 0 saturated heterocycles. The summed E-state index contributed by atoms with van der Waals surface area (Å²) in [6, 6.07) is 5.26. The highest BCUT2D eigenvalue weighted by Gasteiger charge is 2.24. The lowest BCUT2D eigenvalue weighted by molar-refractivity contribution is 0.0599. The number of ether oxygens (including phenoxy) is 3. The third-order valence-corrected chi connectivity index (χ3v) is 4.30. The minimum absolute atomic E-state index is 0.332. The highest BCUT2D eigenvalue weighted by Crippen LogP contribution is 2.32. The van der Waals surface area contributed by atoms with Gasteiger partial charge in [-0.25, -0.2) is 4.79 Å². The van der Waals surface area contributed by atoms with Gasteiger partial charge in [-0.1, -0.05) is 6.92 Å². The molecule has 0 radical (unpaired) electrons. The lowest BCUT2D eigenvalue weighted by Gasteiger charge is -2.10. The van der Waals surface area contributed by atoms with E-state index in [2.05, 4.69) is 10.3 Å². The van der Waals surface area contributed by atoms with Gasteiger partial charge in [0, 0.05) is 23.9 Å². The lowest BCUT2D eigenvalue weighted by atomic mass is 10.1. The smallest absolute Gasteiger partial charge is 0.339 e. The van der Waals surface area contributed by atoms with Gasteiger partial charge in [0.25, 0.3) is 5.91 Å². The number of aromatic amines is 1. The number of fused-ring (bicyclic) bond motifs is 1. The molecular formula is C19H22N2O5. The number of H-pyrrole nitrogens is 1. The van der Waals surface area contributed by atoms with E-state index in [-0.39, 0.29) is 5.91 Å². The Balaban J connectivity index is 1.86. The number of anilines is 1. The van der Waals surface area contributed by atoms with Crippen molar-refractivity contribution in [2.75, 3.05) is 25.6 Å². The first-order chi connectivity index (χ1) is 12.5. The van der Waals surface area contributed by atoms with Crippen molar-refractivity contribution in [1.29, 1.82) is 0 Å². The van der Waals surface area contributed by atoms with Crippen molar-refractivity contribution in [1.82, 2.24) is 4.98 Å². The van der Waals surface area contributed by atoms with E-state index in [1.807, 2.05) is 6.92 Å². The maximum absolute atomic E-state index is 12.7. The number of benzene rings is 1. The molecule has 1 aromatic carbocycles. The second-order valence-corrected chi connectivity index (χ2v) is 5.99. The van der Waals surface area contributed by atoms with Crippen LogP contribution >= 0.6 is 0 Å². The van der Waals surface area contributed by atoms with Crippen LogP contribution in [0.1, 0.15) is 45.4 Å². The van der Waals surface area contributed by atoms with Crippen LogP contribution in [0.25, 0.3) is 0 Å². The quantitative estimate of drug-likeness (QED) is 0.820. The summed E-state index contributed by atoms with van der Waals surface area (Å²) in [5.41, 5.74) is 2.60. The molecule has 0 atom stereocenters. The maximum atomic E-state index is 12.7. The van der Waals surface area contributed by atoms with Gasteiger partial charge in [0.1, 0.15) is 5.69 Å². The van der Waals surface area contributed by atoms with Gasteiger partial charge in [0.05, 0.1) is 25.9 Å². The number of esters is 1. The Kier molecular flexibility index (Phi) is 5.16. The molecule has 2 aromatic rings. The van der Waals surface area contributed by atoms with E-state index in [9.17, 15) is 9.59 Å². The molecule has 0 spiro atoms. The molecule has 2 N–H and O–H groups in total. The third-order valence-electron chi connectivity index (χ3n) is 4.30. The van der Waals surface area contributed by atoms with E-state index >= 15 is 0 Å². The van der Waals surface area contributed by atoms with Crippen LogP contribution in [-0.4, -0.2) is 37.2 Å². The summed E-state index contributed by atoms with van der Waals surface area (Å²) in [6.45, 7) is 4.81. The normalized spacial score (nSPS) is 13.0. The molecule has 0 saturated carbocycles. The molecule has 26 heavy (non-hydrogen) atoms. The molecule has 1 aliphatic heterocycles. The Morgan fingerprint density at radius 1 is 1.23 bits per heavy atom. The summed E-state index contributed by atoms with van der Waals surface area (Å²) in [5.74, 6) is 0.484. The fraction of sp³-hybridized carbons (Fsp3) is 0.368. The van der Waals surface area contributed by atoms with Crippen LogP contribution in [0.2, 0.25) is 0 Å². The van der Waals surface area contributed by atoms with Gasteiger partial charge in [-0.3, -0.25) is 4.79 Å². The number of aryl methyl sites for hydroxylation is 1. The Hall–Kier alpha value is -2.96. The molecule has 0 fully saturated rings. The molecule has 7 nitrogen and oxygen atoms in total. The summed E-state index contributed by atoms with van der Waals surface area (Å²) < 4.78 is 16.1. The molecular weight excluding hydrogens is 336 g/mol. The molecule has 3 rings (SSSR count). The van der Waals surface area contributed by atoms with Crippen molar-refractivity contribution in [3.8, 4) is 11.5 Å². The van der Waals surface area contributed by atoms with E-state index in [1.54, 1.807) is 25.1 Å². The Morgan fingerprint density at radius 3 is 2.65 bits per heavy atom. The highest BCUT2D eigenvalue weighted by atomic mass is 16.5. The van der Waals surface area contributed by atoms with Crippen LogP contribution in [-0.2, 0) is 11.2 Å². The molecule has 0 bridgehead atoms. The highest BCUT2D eigenvalue weighted by molar-refractivity contribution is 6.07. The molecule has 0 unspecified atom stereocenters. The maximum Gasteiger partial charge on any atom is 0.339 e. The van der Waals surface area contributed by atoms with Crippen LogP contribution in [0, 0.1) is 6.92 Å².